The number of fused-ring (bicyclic) bond motifs is 2. The van der Waals surface area contributed by atoms with Crippen molar-refractivity contribution in [2.75, 3.05) is 13.1 Å². The number of aromatic nitrogens is 1. The molecule has 2 aromatic rings. The number of carbonyl (C=O) groups excluding carboxylic acids is 1. The maximum atomic E-state index is 13.1. The molecule has 2 fully saturated rings. The summed E-state index contributed by atoms with van der Waals surface area (Å²) in [5.74, 6) is 0.893. The third-order valence-electron chi connectivity index (χ3n) is 5.35. The molecule has 7 heteroatoms. The monoisotopic (exact) mass is 423 g/mol. The summed E-state index contributed by atoms with van der Waals surface area (Å²) >= 11 is 0. The van der Waals surface area contributed by atoms with Crippen molar-refractivity contribution in [3.8, 4) is 5.75 Å². The lowest BCUT2D eigenvalue weighted by Crippen LogP contribution is -2.42. The molecule has 1 N–H and O–H groups in total. The first-order valence-corrected chi connectivity index (χ1v) is 9.38. The number of nitrogens with one attached hydrogen (secondary N) is 1. The second-order valence-electron chi connectivity index (χ2n) is 7.21. The van der Waals surface area contributed by atoms with E-state index >= 15 is 0 Å². The number of aryl methyl sites for hydroxylation is 1. The van der Waals surface area contributed by atoms with E-state index in [-0.39, 0.29) is 30.7 Å². The molecular weight excluding hydrogens is 397 g/mol. The van der Waals surface area contributed by atoms with Gasteiger partial charge in [0, 0.05) is 29.9 Å². The number of rotatable bonds is 4. The molecule has 2 aliphatic rings. The molecule has 2 unspecified atom stereocenters. The number of halogens is 2. The van der Waals surface area contributed by atoms with Crippen molar-refractivity contribution in [2.45, 2.75) is 44.9 Å². The maximum absolute atomic E-state index is 13.1. The number of ether oxygens (including phenoxy) is 1. The zero-order valence-electron chi connectivity index (χ0n) is 16.0. The van der Waals surface area contributed by atoms with E-state index in [9.17, 15) is 4.79 Å². The zero-order valence-corrected chi connectivity index (χ0v) is 17.6. The second-order valence-corrected chi connectivity index (χ2v) is 7.21. The van der Waals surface area contributed by atoms with Gasteiger partial charge in [-0.2, -0.15) is 0 Å². The van der Waals surface area contributed by atoms with Gasteiger partial charge in [-0.05, 0) is 62.6 Å². The van der Waals surface area contributed by atoms with Crippen molar-refractivity contribution >= 4 is 30.7 Å². The lowest BCUT2D eigenvalue weighted by Gasteiger charge is -2.28. The van der Waals surface area contributed by atoms with E-state index in [1.807, 2.05) is 43.3 Å². The number of pyridine rings is 1. The Bertz CT molecular complexity index is 771. The van der Waals surface area contributed by atoms with Gasteiger partial charge in [0.2, 0.25) is 0 Å². The van der Waals surface area contributed by atoms with E-state index in [1.165, 1.54) is 0 Å². The Morgan fingerprint density at radius 2 is 2.00 bits per heavy atom. The molecule has 0 radical (unpaired) electrons. The zero-order chi connectivity index (χ0) is 17.9. The lowest BCUT2D eigenvalue weighted by atomic mass is 10.1. The molecule has 0 saturated carbocycles. The van der Waals surface area contributed by atoms with Gasteiger partial charge in [0.1, 0.15) is 12.4 Å². The average molecular weight is 424 g/mol. The van der Waals surface area contributed by atoms with Crippen LogP contribution < -0.4 is 10.1 Å². The van der Waals surface area contributed by atoms with Crippen LogP contribution in [0.15, 0.2) is 42.6 Å². The van der Waals surface area contributed by atoms with Crippen LogP contribution in [0, 0.1) is 6.92 Å². The van der Waals surface area contributed by atoms with Crippen LogP contribution >= 0.6 is 24.8 Å². The second kappa shape index (κ2) is 10.1. The van der Waals surface area contributed by atoms with Crippen molar-refractivity contribution < 1.29 is 9.53 Å². The minimum atomic E-state index is 0. The number of hydrogen-bond donors (Lipinski definition) is 1. The standard InChI is InChI=1S/C21H25N3O2.2ClH/c1-15-5-8-20(13-23-15)26-14-16-3-2-4-17(11-16)21(25)24-18-6-7-19(24)12-22-10-9-18;;/h2-5,8,11,13,18-19,22H,6-7,9-10,12,14H2,1H3;2*1H. The van der Waals surface area contributed by atoms with Crippen LogP contribution in [0.1, 0.15) is 40.9 Å². The molecule has 2 atom stereocenters. The molecule has 2 saturated heterocycles. The Morgan fingerprint density at radius 3 is 2.79 bits per heavy atom. The Kier molecular flexibility index (Phi) is 8.10. The van der Waals surface area contributed by atoms with E-state index in [0.717, 1.165) is 54.9 Å². The largest absolute Gasteiger partial charge is 0.487 e. The predicted molar refractivity (Wildman–Crippen MR) is 115 cm³/mol. The predicted octanol–water partition coefficient (Wildman–Crippen LogP) is 3.78. The molecule has 5 nitrogen and oxygen atoms in total. The van der Waals surface area contributed by atoms with E-state index < -0.39 is 0 Å². The minimum absolute atomic E-state index is 0. The van der Waals surface area contributed by atoms with Gasteiger partial charge in [0.15, 0.2) is 0 Å². The number of hydrogen-bond acceptors (Lipinski definition) is 4. The van der Waals surface area contributed by atoms with Crippen LogP contribution in [-0.4, -0.2) is 41.0 Å². The molecule has 0 spiro atoms. The molecule has 1 amide bonds. The fourth-order valence-electron chi connectivity index (χ4n) is 3.96. The highest BCUT2D eigenvalue weighted by Crippen LogP contribution is 2.29. The summed E-state index contributed by atoms with van der Waals surface area (Å²) < 4.78 is 5.80. The molecule has 2 bridgehead atoms. The number of benzene rings is 1. The Morgan fingerprint density at radius 1 is 1.18 bits per heavy atom. The first-order valence-electron chi connectivity index (χ1n) is 9.38. The quantitative estimate of drug-likeness (QED) is 0.812. The van der Waals surface area contributed by atoms with Crippen molar-refractivity contribution in [1.82, 2.24) is 15.2 Å². The van der Waals surface area contributed by atoms with Crippen LogP contribution in [0.5, 0.6) is 5.75 Å². The van der Waals surface area contributed by atoms with Gasteiger partial charge in [0.05, 0.1) is 6.20 Å². The summed E-state index contributed by atoms with van der Waals surface area (Å²) in [5.41, 5.74) is 2.72. The summed E-state index contributed by atoms with van der Waals surface area (Å²) in [6.45, 7) is 4.29. The van der Waals surface area contributed by atoms with Crippen molar-refractivity contribution in [1.29, 1.82) is 0 Å². The first-order chi connectivity index (χ1) is 12.7. The summed E-state index contributed by atoms with van der Waals surface area (Å²) in [6, 6.07) is 12.4. The van der Waals surface area contributed by atoms with Crippen LogP contribution in [0.2, 0.25) is 0 Å². The van der Waals surface area contributed by atoms with Crippen molar-refractivity contribution in [3.05, 3.63) is 59.4 Å². The average Bonchev–Trinajstić information content (AvgIpc) is 2.93. The topological polar surface area (TPSA) is 54.5 Å². The normalized spacial score (nSPS) is 20.5. The van der Waals surface area contributed by atoms with Crippen LogP contribution in [0.4, 0.5) is 0 Å². The smallest absolute Gasteiger partial charge is 0.254 e. The number of amides is 1. The molecule has 1 aromatic heterocycles. The molecule has 152 valence electrons. The van der Waals surface area contributed by atoms with Gasteiger partial charge in [-0.3, -0.25) is 9.78 Å². The van der Waals surface area contributed by atoms with Crippen molar-refractivity contribution in [2.24, 2.45) is 0 Å². The van der Waals surface area contributed by atoms with Gasteiger partial charge in [-0.15, -0.1) is 24.8 Å². The number of carbonyl (C=O) groups is 1. The molecule has 28 heavy (non-hydrogen) atoms. The lowest BCUT2D eigenvalue weighted by molar-refractivity contribution is 0.0680. The van der Waals surface area contributed by atoms with E-state index in [0.29, 0.717) is 18.7 Å². The van der Waals surface area contributed by atoms with Gasteiger partial charge in [-0.25, -0.2) is 0 Å². The molecular formula is C21H27Cl2N3O2. The van der Waals surface area contributed by atoms with Gasteiger partial charge in [0.25, 0.3) is 5.91 Å². The van der Waals surface area contributed by atoms with Gasteiger partial charge in [-0.1, -0.05) is 12.1 Å². The van der Waals surface area contributed by atoms with Gasteiger partial charge < -0.3 is 15.0 Å². The van der Waals surface area contributed by atoms with Crippen LogP contribution in [0.25, 0.3) is 0 Å². The van der Waals surface area contributed by atoms with Gasteiger partial charge >= 0.3 is 0 Å². The van der Waals surface area contributed by atoms with Crippen LogP contribution in [-0.2, 0) is 6.61 Å². The minimum Gasteiger partial charge on any atom is -0.487 e. The third-order valence-corrected chi connectivity index (χ3v) is 5.35. The van der Waals surface area contributed by atoms with Crippen molar-refractivity contribution in [3.63, 3.8) is 0 Å². The first kappa shape index (κ1) is 22.5. The molecule has 0 aliphatic carbocycles. The summed E-state index contributed by atoms with van der Waals surface area (Å²) in [6.07, 6.45) is 5.01. The fourth-order valence-corrected chi connectivity index (χ4v) is 3.96. The molecule has 2 aliphatic heterocycles. The maximum Gasteiger partial charge on any atom is 0.254 e. The Balaban J connectivity index is 0.00000140. The Hall–Kier alpha value is -1.82. The fraction of sp³-hybridized carbons (Fsp3) is 0.429. The molecule has 1 aromatic carbocycles. The highest BCUT2D eigenvalue weighted by molar-refractivity contribution is 5.95. The summed E-state index contributed by atoms with van der Waals surface area (Å²) in [7, 11) is 0. The van der Waals surface area contributed by atoms with E-state index in [2.05, 4.69) is 15.2 Å². The third kappa shape index (κ3) is 4.96. The van der Waals surface area contributed by atoms with E-state index in [4.69, 9.17) is 4.74 Å². The van der Waals surface area contributed by atoms with E-state index in [1.54, 1.807) is 6.20 Å². The molecule has 4 rings (SSSR count). The Labute approximate surface area is 178 Å². The number of nitrogens with zero attached hydrogens (tertiary/aromatic N) is 2. The summed E-state index contributed by atoms with van der Waals surface area (Å²) in [4.78, 5) is 19.5. The molecule has 3 heterocycles. The highest BCUT2D eigenvalue weighted by atomic mass is 35.5. The highest BCUT2D eigenvalue weighted by Gasteiger charge is 2.38. The summed E-state index contributed by atoms with van der Waals surface area (Å²) in [5, 5.41) is 3.45. The van der Waals surface area contributed by atoms with Crippen LogP contribution in [0.3, 0.4) is 0 Å². The SMILES string of the molecule is Cc1ccc(OCc2cccc(C(=O)N3C4CCNCC3CC4)c2)cn1.Cl.Cl.